The number of rotatable bonds is 0. The van der Waals surface area contributed by atoms with Gasteiger partial charge in [-0.25, -0.2) is 0 Å². The summed E-state index contributed by atoms with van der Waals surface area (Å²) in [4.78, 5) is 0. The van der Waals surface area contributed by atoms with Crippen LogP contribution in [-0.4, -0.2) is 48.4 Å². The predicted molar refractivity (Wildman–Crippen MR) is 89.1 cm³/mol. The molecule has 0 aromatic heterocycles. The molecule has 0 amide bonds. The van der Waals surface area contributed by atoms with Crippen LogP contribution in [0.2, 0.25) is 42.4 Å². The van der Waals surface area contributed by atoms with Crippen LogP contribution < -0.4 is 0 Å². The van der Waals surface area contributed by atoms with Crippen molar-refractivity contribution in [3.05, 3.63) is 0 Å². The first-order chi connectivity index (χ1) is 6.83. The summed E-state index contributed by atoms with van der Waals surface area (Å²) in [5.41, 5.74) is 0. The van der Waals surface area contributed by atoms with Crippen molar-refractivity contribution >= 4 is 84.1 Å². The van der Waals surface area contributed by atoms with Crippen molar-refractivity contribution in [3.63, 3.8) is 0 Å². The Morgan fingerprint density at radius 1 is 0.625 bits per heavy atom. The molecule has 1 fully saturated rings. The minimum absolute atomic E-state index is 1.15. The standard InChI is InChI=1S/2C4H10Si.4ClH.2Sn/c2*1-5(2,3)4;;;;;;/h2*1-2H2,3-4H3;4*1H;;/q;;;;;;2*+2/p-4. The predicted octanol–water partition coefficient (Wildman–Crippen LogP) is 5.41. The summed E-state index contributed by atoms with van der Waals surface area (Å²) >= 11 is -5.58. The van der Waals surface area contributed by atoms with Crippen molar-refractivity contribution in [1.82, 2.24) is 0 Å². The Kier molecular flexibility index (Phi) is 5.96. The maximum atomic E-state index is 6.69. The molecule has 0 spiro atoms. The Morgan fingerprint density at radius 2 is 0.812 bits per heavy atom. The fourth-order valence-electron chi connectivity index (χ4n) is 3.05. The fraction of sp³-hybridized carbons (Fsp3) is 1.00. The molecule has 8 heteroatoms. The minimum atomic E-state index is -2.79. The molecule has 0 aromatic carbocycles. The average molecular weight is 552 g/mol. The van der Waals surface area contributed by atoms with E-state index in [-0.39, 0.29) is 0 Å². The summed E-state index contributed by atoms with van der Waals surface area (Å²) in [6, 6.07) is 0. The molecule has 0 N–H and O–H groups in total. The molecule has 96 valence electrons. The zero-order valence-electron chi connectivity index (χ0n) is 10.3. The molecule has 1 aliphatic rings. The van der Waals surface area contributed by atoms with Gasteiger partial charge in [-0.15, -0.1) is 0 Å². The molecule has 0 radical (unpaired) electrons. The molecule has 0 saturated carbocycles. The van der Waals surface area contributed by atoms with Gasteiger partial charge in [-0.1, -0.05) is 0 Å². The van der Waals surface area contributed by atoms with Crippen molar-refractivity contribution in [2.24, 2.45) is 0 Å². The Balaban J connectivity index is 2.98. The van der Waals surface area contributed by atoms with Gasteiger partial charge in [0.2, 0.25) is 0 Å². The summed E-state index contributed by atoms with van der Waals surface area (Å²) in [5, 5.41) is 0. The van der Waals surface area contributed by atoms with E-state index >= 15 is 0 Å². The number of hydrogen-bond acceptors (Lipinski definition) is 0. The molecule has 0 atom stereocenters. The summed E-state index contributed by atoms with van der Waals surface area (Å²) in [6.07, 6.45) is 0. The first-order valence-electron chi connectivity index (χ1n) is 5.58. The van der Waals surface area contributed by atoms with Crippen LogP contribution in [0.15, 0.2) is 0 Å². The molecule has 1 aliphatic heterocycles. The normalized spacial score (nSPS) is 31.5. The van der Waals surface area contributed by atoms with E-state index in [1.54, 1.807) is 0 Å². The van der Waals surface area contributed by atoms with E-state index in [1.165, 1.54) is 0 Å². The topological polar surface area (TPSA) is 0 Å². The van der Waals surface area contributed by atoms with Gasteiger partial charge >= 0.3 is 127 Å². The third-order valence-electron chi connectivity index (χ3n) is 2.95. The molecule has 0 aliphatic carbocycles. The van der Waals surface area contributed by atoms with E-state index in [4.69, 9.17) is 35.7 Å². The second kappa shape index (κ2) is 5.53. The molecule has 16 heavy (non-hydrogen) atoms. The van der Waals surface area contributed by atoms with Crippen LogP contribution in [0.1, 0.15) is 0 Å². The zero-order valence-corrected chi connectivity index (χ0v) is 21.1. The fourth-order valence-corrected chi connectivity index (χ4v) is 139. The Morgan fingerprint density at radius 3 is 1.00 bits per heavy atom. The van der Waals surface area contributed by atoms with E-state index in [0.717, 1.165) is 16.2 Å². The molecule has 1 saturated heterocycles. The van der Waals surface area contributed by atoms with Crippen molar-refractivity contribution in [3.8, 4) is 0 Å². The Bertz CT molecular complexity index is 209. The molecule has 1 rings (SSSR count). The first-order valence-corrected chi connectivity index (χ1v) is 34.9. The number of halogens is 4. The van der Waals surface area contributed by atoms with E-state index < -0.39 is 48.4 Å². The van der Waals surface area contributed by atoms with E-state index in [1.807, 2.05) is 0 Å². The van der Waals surface area contributed by atoms with Crippen LogP contribution in [0.5, 0.6) is 0 Å². The summed E-state index contributed by atoms with van der Waals surface area (Å²) in [6.45, 7) is 9.50. The van der Waals surface area contributed by atoms with Gasteiger partial charge in [-0.05, 0) is 0 Å². The van der Waals surface area contributed by atoms with E-state index in [9.17, 15) is 0 Å². The summed E-state index contributed by atoms with van der Waals surface area (Å²) in [5.74, 6) is 0. The SMILES string of the molecule is C[Si]1(C)[CH2][Sn]([Cl])([Cl])[CH2][Si](C)(C)[CH2][Sn]([Cl])([Cl])[CH2]1. The molecular weight excluding hydrogens is 531 g/mol. The van der Waals surface area contributed by atoms with Crippen LogP contribution in [0.3, 0.4) is 0 Å². The van der Waals surface area contributed by atoms with Gasteiger partial charge < -0.3 is 0 Å². The quantitative estimate of drug-likeness (QED) is 0.353. The number of hydrogen-bond donors (Lipinski definition) is 0. The van der Waals surface area contributed by atoms with Gasteiger partial charge in [0.05, 0.1) is 0 Å². The summed E-state index contributed by atoms with van der Waals surface area (Å²) < 4.78 is 4.61. The molecular formula is C8H20Cl4Si2Sn2. The molecule has 0 unspecified atom stereocenters. The second-order valence-electron chi connectivity index (χ2n) is 6.75. The van der Waals surface area contributed by atoms with Gasteiger partial charge in [0.1, 0.15) is 0 Å². The van der Waals surface area contributed by atoms with Crippen LogP contribution >= 0.6 is 35.7 Å². The Hall–Kier alpha value is 3.19. The maximum absolute atomic E-state index is 6.69. The van der Waals surface area contributed by atoms with Gasteiger partial charge in [0.25, 0.3) is 0 Å². The Labute approximate surface area is 124 Å². The van der Waals surface area contributed by atoms with Gasteiger partial charge in [0.15, 0.2) is 0 Å². The third kappa shape index (κ3) is 6.10. The van der Waals surface area contributed by atoms with E-state index in [0.29, 0.717) is 0 Å². The van der Waals surface area contributed by atoms with Gasteiger partial charge in [0, 0.05) is 0 Å². The van der Waals surface area contributed by atoms with Crippen molar-refractivity contribution in [1.29, 1.82) is 0 Å². The van der Waals surface area contributed by atoms with Gasteiger partial charge in [-0.3, -0.25) is 0 Å². The molecule has 0 bridgehead atoms. The van der Waals surface area contributed by atoms with Crippen LogP contribution in [0, 0.1) is 0 Å². The van der Waals surface area contributed by atoms with Crippen molar-refractivity contribution in [2.75, 3.05) is 0 Å². The summed E-state index contributed by atoms with van der Waals surface area (Å²) in [7, 11) is 24.1. The van der Waals surface area contributed by atoms with Crippen molar-refractivity contribution < 1.29 is 0 Å². The monoisotopic (exact) mass is 552 g/mol. The second-order valence-corrected chi connectivity index (χ2v) is 60.7. The van der Waals surface area contributed by atoms with Crippen molar-refractivity contribution in [2.45, 2.75) is 42.4 Å². The van der Waals surface area contributed by atoms with Gasteiger partial charge in [-0.2, -0.15) is 0 Å². The first kappa shape index (κ1) is 17.2. The van der Waals surface area contributed by atoms with Crippen LogP contribution in [0.4, 0.5) is 0 Å². The average Bonchev–Trinajstić information content (AvgIpc) is 1.67. The molecule has 0 aromatic rings. The van der Waals surface area contributed by atoms with Crippen LogP contribution in [-0.2, 0) is 0 Å². The zero-order chi connectivity index (χ0) is 12.8. The molecule has 0 nitrogen and oxygen atoms in total. The molecule has 1 heterocycles. The van der Waals surface area contributed by atoms with Crippen LogP contribution in [0.25, 0.3) is 0 Å². The van der Waals surface area contributed by atoms with E-state index in [2.05, 4.69) is 26.2 Å². The third-order valence-corrected chi connectivity index (χ3v) is 80.9.